The Labute approximate surface area is 117 Å². The molecule has 3 nitrogen and oxygen atoms in total. The van der Waals surface area contributed by atoms with Crippen LogP contribution in [0.15, 0.2) is 27.7 Å². The molecule has 1 aromatic carbocycles. The van der Waals surface area contributed by atoms with Crippen molar-refractivity contribution in [2.75, 3.05) is 13.1 Å². The van der Waals surface area contributed by atoms with Gasteiger partial charge in [-0.1, -0.05) is 22.0 Å². The van der Waals surface area contributed by atoms with Crippen molar-refractivity contribution in [3.8, 4) is 0 Å². The van der Waals surface area contributed by atoms with E-state index in [2.05, 4.69) is 50.9 Å². The molecule has 0 radical (unpaired) electrons. The maximum Gasteiger partial charge on any atom is 0.191 e. The lowest BCUT2D eigenvalue weighted by atomic mass is 10.1. The van der Waals surface area contributed by atoms with Gasteiger partial charge in [-0.25, -0.2) is 4.99 Å². The summed E-state index contributed by atoms with van der Waals surface area (Å²) in [5.41, 5.74) is 8.53. The van der Waals surface area contributed by atoms with Crippen LogP contribution in [0.25, 0.3) is 0 Å². The van der Waals surface area contributed by atoms with Gasteiger partial charge in [0.05, 0.1) is 6.54 Å². The Morgan fingerprint density at radius 3 is 2.72 bits per heavy atom. The summed E-state index contributed by atoms with van der Waals surface area (Å²) < 4.78 is 1.11. The van der Waals surface area contributed by atoms with Gasteiger partial charge in [0.2, 0.25) is 0 Å². The highest BCUT2D eigenvalue weighted by Gasteiger charge is 2.11. The molecule has 0 spiro atoms. The third kappa shape index (κ3) is 3.48. The first-order chi connectivity index (χ1) is 8.66. The topological polar surface area (TPSA) is 41.6 Å². The zero-order chi connectivity index (χ0) is 13.0. The van der Waals surface area contributed by atoms with Crippen LogP contribution in [-0.4, -0.2) is 23.9 Å². The molecule has 2 rings (SSSR count). The summed E-state index contributed by atoms with van der Waals surface area (Å²) in [6.07, 6.45) is 3.77. The van der Waals surface area contributed by atoms with Gasteiger partial charge in [-0.15, -0.1) is 0 Å². The highest BCUT2D eigenvalue weighted by molar-refractivity contribution is 9.10. The first-order valence-corrected chi connectivity index (χ1v) is 7.26. The predicted octanol–water partition coefficient (Wildman–Crippen LogP) is 3.06. The van der Waals surface area contributed by atoms with Crippen LogP contribution in [0.1, 0.15) is 30.4 Å². The molecular weight excluding hydrogens is 290 g/mol. The Morgan fingerprint density at radius 1 is 1.33 bits per heavy atom. The number of likely N-dealkylation sites (tertiary alicyclic amines) is 1. The average Bonchev–Trinajstić information content (AvgIpc) is 2.38. The van der Waals surface area contributed by atoms with Crippen molar-refractivity contribution >= 4 is 21.9 Å². The van der Waals surface area contributed by atoms with E-state index in [9.17, 15) is 0 Å². The van der Waals surface area contributed by atoms with Crippen molar-refractivity contribution in [2.45, 2.75) is 32.7 Å². The van der Waals surface area contributed by atoms with Crippen molar-refractivity contribution < 1.29 is 0 Å². The van der Waals surface area contributed by atoms with Crippen molar-refractivity contribution in [3.63, 3.8) is 0 Å². The van der Waals surface area contributed by atoms with Gasteiger partial charge in [0.1, 0.15) is 0 Å². The second kappa shape index (κ2) is 6.23. The Balaban J connectivity index is 2.00. The van der Waals surface area contributed by atoms with E-state index in [-0.39, 0.29) is 0 Å². The highest BCUT2D eigenvalue weighted by atomic mass is 79.9. The quantitative estimate of drug-likeness (QED) is 0.674. The molecule has 18 heavy (non-hydrogen) atoms. The van der Waals surface area contributed by atoms with E-state index in [0.717, 1.165) is 17.6 Å². The molecule has 4 heteroatoms. The molecule has 0 aromatic heterocycles. The molecule has 0 bridgehead atoms. The number of aliphatic imine (C=N–C) groups is 1. The van der Waals surface area contributed by atoms with Crippen molar-refractivity contribution in [1.82, 2.24) is 4.90 Å². The molecule has 1 aromatic rings. The Morgan fingerprint density at radius 2 is 2.06 bits per heavy atom. The van der Waals surface area contributed by atoms with Crippen LogP contribution in [0.3, 0.4) is 0 Å². The largest absolute Gasteiger partial charge is 0.370 e. The summed E-state index contributed by atoms with van der Waals surface area (Å²) in [5.74, 6) is 0.692. The molecule has 0 saturated carbocycles. The van der Waals surface area contributed by atoms with Gasteiger partial charge in [0, 0.05) is 17.6 Å². The minimum absolute atomic E-state index is 0.668. The van der Waals surface area contributed by atoms with Gasteiger partial charge < -0.3 is 10.6 Å². The van der Waals surface area contributed by atoms with Crippen molar-refractivity contribution in [3.05, 3.63) is 33.8 Å². The number of rotatable bonds is 2. The van der Waals surface area contributed by atoms with Crippen LogP contribution >= 0.6 is 15.9 Å². The minimum Gasteiger partial charge on any atom is -0.370 e. The summed E-state index contributed by atoms with van der Waals surface area (Å²) in [6.45, 7) is 4.87. The smallest absolute Gasteiger partial charge is 0.191 e. The molecule has 1 heterocycles. The number of halogens is 1. The second-order valence-electron chi connectivity index (χ2n) is 4.79. The lowest BCUT2D eigenvalue weighted by molar-refractivity contribution is 0.338. The number of nitrogens with zero attached hydrogens (tertiary/aromatic N) is 2. The number of benzene rings is 1. The van der Waals surface area contributed by atoms with Crippen LogP contribution in [0.2, 0.25) is 0 Å². The van der Waals surface area contributed by atoms with Gasteiger partial charge in [0.25, 0.3) is 0 Å². The fraction of sp³-hybridized carbons (Fsp3) is 0.500. The highest BCUT2D eigenvalue weighted by Crippen LogP contribution is 2.16. The van der Waals surface area contributed by atoms with Gasteiger partial charge in [-0.3, -0.25) is 0 Å². The van der Waals surface area contributed by atoms with E-state index < -0.39 is 0 Å². The van der Waals surface area contributed by atoms with Crippen molar-refractivity contribution in [1.29, 1.82) is 0 Å². The standard InChI is InChI=1S/C14H20BrN3/c1-11-9-13(15)6-5-12(11)10-17-14(16)18-7-3-2-4-8-18/h5-6,9H,2-4,7-8,10H2,1H3,(H2,16,17). The van der Waals surface area contributed by atoms with Gasteiger partial charge in [-0.2, -0.15) is 0 Å². The lowest BCUT2D eigenvalue weighted by Gasteiger charge is -2.27. The molecule has 2 N–H and O–H groups in total. The maximum atomic E-state index is 6.04. The van der Waals surface area contributed by atoms with Crippen LogP contribution in [0.5, 0.6) is 0 Å². The molecule has 1 fully saturated rings. The van der Waals surface area contributed by atoms with Gasteiger partial charge in [0.15, 0.2) is 5.96 Å². The molecule has 1 saturated heterocycles. The van der Waals surface area contributed by atoms with E-state index in [1.807, 2.05) is 0 Å². The van der Waals surface area contributed by atoms with E-state index >= 15 is 0 Å². The zero-order valence-corrected chi connectivity index (χ0v) is 12.4. The molecule has 0 atom stereocenters. The summed E-state index contributed by atoms with van der Waals surface area (Å²) in [4.78, 5) is 6.71. The monoisotopic (exact) mass is 309 g/mol. The Hall–Kier alpha value is -1.03. The second-order valence-corrected chi connectivity index (χ2v) is 5.71. The number of guanidine groups is 1. The molecule has 0 aliphatic carbocycles. The number of hydrogen-bond donors (Lipinski definition) is 1. The third-order valence-electron chi connectivity index (χ3n) is 3.40. The average molecular weight is 310 g/mol. The molecule has 0 amide bonds. The fourth-order valence-electron chi connectivity index (χ4n) is 2.23. The molecule has 1 aliphatic rings. The van der Waals surface area contributed by atoms with Gasteiger partial charge in [-0.05, 0) is 49.4 Å². The third-order valence-corrected chi connectivity index (χ3v) is 3.89. The molecule has 0 unspecified atom stereocenters. The first kappa shape index (κ1) is 13.4. The number of hydrogen-bond acceptors (Lipinski definition) is 1. The Bertz CT molecular complexity index is 437. The summed E-state index contributed by atoms with van der Waals surface area (Å²) in [5, 5.41) is 0. The normalized spacial score (nSPS) is 17.0. The summed E-state index contributed by atoms with van der Waals surface area (Å²) >= 11 is 3.47. The number of aryl methyl sites for hydroxylation is 1. The lowest BCUT2D eigenvalue weighted by Crippen LogP contribution is -2.40. The van der Waals surface area contributed by atoms with E-state index in [1.165, 1.54) is 30.4 Å². The number of piperidine rings is 1. The van der Waals surface area contributed by atoms with Crippen LogP contribution in [0.4, 0.5) is 0 Å². The molecule has 98 valence electrons. The zero-order valence-electron chi connectivity index (χ0n) is 10.8. The molecular formula is C14H20BrN3. The fourth-order valence-corrected chi connectivity index (χ4v) is 2.70. The van der Waals surface area contributed by atoms with E-state index in [4.69, 9.17) is 5.73 Å². The van der Waals surface area contributed by atoms with Crippen molar-refractivity contribution in [2.24, 2.45) is 10.7 Å². The SMILES string of the molecule is Cc1cc(Br)ccc1CN=C(N)N1CCCCC1. The minimum atomic E-state index is 0.668. The predicted molar refractivity (Wildman–Crippen MR) is 79.6 cm³/mol. The number of nitrogens with two attached hydrogens (primary N) is 1. The summed E-state index contributed by atoms with van der Waals surface area (Å²) in [6, 6.07) is 6.27. The van der Waals surface area contributed by atoms with Crippen LogP contribution in [0, 0.1) is 6.92 Å². The summed E-state index contributed by atoms with van der Waals surface area (Å²) in [7, 11) is 0. The van der Waals surface area contributed by atoms with E-state index in [1.54, 1.807) is 0 Å². The molecule has 1 aliphatic heterocycles. The van der Waals surface area contributed by atoms with Gasteiger partial charge >= 0.3 is 0 Å². The first-order valence-electron chi connectivity index (χ1n) is 6.47. The van der Waals surface area contributed by atoms with E-state index in [0.29, 0.717) is 12.5 Å². The Kier molecular flexibility index (Phi) is 4.64. The van der Waals surface area contributed by atoms with Crippen LogP contribution < -0.4 is 5.73 Å². The van der Waals surface area contributed by atoms with Crippen LogP contribution in [-0.2, 0) is 6.54 Å². The maximum absolute atomic E-state index is 6.04.